The fourth-order valence-electron chi connectivity index (χ4n) is 1.36. The van der Waals surface area contributed by atoms with E-state index >= 15 is 0 Å². The molecule has 0 aliphatic rings. The fourth-order valence-corrected chi connectivity index (χ4v) is 1.72. The molecule has 0 fully saturated rings. The maximum Gasteiger partial charge on any atom is 0.254 e. The van der Waals surface area contributed by atoms with E-state index < -0.39 is 0 Å². The zero-order valence-corrected chi connectivity index (χ0v) is 11.2. The smallest absolute Gasteiger partial charge is 0.254 e. The van der Waals surface area contributed by atoms with Crippen molar-refractivity contribution in [3.8, 4) is 0 Å². The Morgan fingerprint density at radius 3 is 2.94 bits per heavy atom. The first-order chi connectivity index (χ1) is 8.19. The second-order valence-electron chi connectivity index (χ2n) is 3.38. The first-order valence-corrected chi connectivity index (χ1v) is 5.99. The van der Waals surface area contributed by atoms with E-state index in [9.17, 15) is 4.79 Å². The molecule has 0 saturated heterocycles. The second-order valence-corrected chi connectivity index (χ2v) is 4.19. The van der Waals surface area contributed by atoms with Crippen molar-refractivity contribution >= 4 is 21.8 Å². The van der Waals surface area contributed by atoms with E-state index in [-0.39, 0.29) is 12.5 Å². The van der Waals surface area contributed by atoms with Crippen molar-refractivity contribution in [2.24, 2.45) is 0 Å². The number of carbonyl (C=O) groups is 1. The van der Waals surface area contributed by atoms with Crippen molar-refractivity contribution in [1.29, 1.82) is 0 Å². The number of aliphatic hydroxyl groups excluding tert-OH is 1. The molecule has 0 unspecified atom stereocenters. The minimum absolute atomic E-state index is 0.0678. The Hall–Kier alpha value is -0.980. The average molecular weight is 303 g/mol. The van der Waals surface area contributed by atoms with Gasteiger partial charge < -0.3 is 14.7 Å². The molecule has 0 saturated carbocycles. The summed E-state index contributed by atoms with van der Waals surface area (Å²) in [5.74, 6) is -0.140. The second kappa shape index (κ2) is 7.37. The molecule has 0 radical (unpaired) electrons. The molecule has 1 heterocycles. The van der Waals surface area contributed by atoms with Gasteiger partial charge in [-0.1, -0.05) is 0 Å². The largest absolute Gasteiger partial charge is 0.395 e. The SMILES string of the molecule is COCCN(CCO)C(=O)c1ccnc(Br)c1. The summed E-state index contributed by atoms with van der Waals surface area (Å²) in [5, 5.41) is 8.93. The minimum atomic E-state index is -0.140. The third-order valence-electron chi connectivity index (χ3n) is 2.20. The third kappa shape index (κ3) is 4.41. The summed E-state index contributed by atoms with van der Waals surface area (Å²) in [4.78, 5) is 17.6. The molecular formula is C11H15BrN2O3. The zero-order valence-electron chi connectivity index (χ0n) is 9.60. The van der Waals surface area contributed by atoms with Crippen LogP contribution in [0, 0.1) is 0 Å². The van der Waals surface area contributed by atoms with Crippen molar-refractivity contribution in [3.63, 3.8) is 0 Å². The number of amides is 1. The first kappa shape index (κ1) is 14.1. The Morgan fingerprint density at radius 1 is 1.59 bits per heavy atom. The van der Waals surface area contributed by atoms with E-state index in [1.165, 1.54) is 0 Å². The molecule has 1 aromatic heterocycles. The van der Waals surface area contributed by atoms with Gasteiger partial charge in [-0.15, -0.1) is 0 Å². The number of pyridine rings is 1. The standard InChI is InChI=1S/C11H15BrN2O3/c1-17-7-5-14(4-6-15)11(16)9-2-3-13-10(12)8-9/h2-3,8,15H,4-7H2,1H3. The number of rotatable bonds is 6. The lowest BCUT2D eigenvalue weighted by Crippen LogP contribution is -2.36. The van der Waals surface area contributed by atoms with Gasteiger partial charge in [0.05, 0.1) is 13.2 Å². The van der Waals surface area contributed by atoms with Crippen molar-refractivity contribution in [3.05, 3.63) is 28.5 Å². The summed E-state index contributed by atoms with van der Waals surface area (Å²) >= 11 is 3.22. The van der Waals surface area contributed by atoms with Gasteiger partial charge in [0, 0.05) is 32.0 Å². The number of aromatic nitrogens is 1. The van der Waals surface area contributed by atoms with Gasteiger partial charge in [0.1, 0.15) is 4.60 Å². The zero-order chi connectivity index (χ0) is 12.7. The Labute approximate surface area is 109 Å². The lowest BCUT2D eigenvalue weighted by atomic mass is 10.2. The van der Waals surface area contributed by atoms with E-state index in [0.29, 0.717) is 29.9 Å². The molecular weight excluding hydrogens is 288 g/mol. The van der Waals surface area contributed by atoms with Gasteiger partial charge in [-0.25, -0.2) is 4.98 Å². The molecule has 94 valence electrons. The highest BCUT2D eigenvalue weighted by molar-refractivity contribution is 9.10. The number of ether oxygens (including phenoxy) is 1. The molecule has 0 spiro atoms. The molecule has 5 nitrogen and oxygen atoms in total. The molecule has 0 atom stereocenters. The molecule has 1 rings (SSSR count). The van der Waals surface area contributed by atoms with Crippen molar-refractivity contribution in [1.82, 2.24) is 9.88 Å². The fraction of sp³-hybridized carbons (Fsp3) is 0.455. The van der Waals surface area contributed by atoms with Gasteiger partial charge in [-0.05, 0) is 28.1 Å². The molecule has 1 amide bonds. The molecule has 1 N–H and O–H groups in total. The number of halogens is 1. The van der Waals surface area contributed by atoms with Gasteiger partial charge in [-0.2, -0.15) is 0 Å². The van der Waals surface area contributed by atoms with Crippen LogP contribution in [0.5, 0.6) is 0 Å². The average Bonchev–Trinajstić information content (AvgIpc) is 2.33. The van der Waals surface area contributed by atoms with Crippen molar-refractivity contribution < 1.29 is 14.6 Å². The Balaban J connectivity index is 2.76. The van der Waals surface area contributed by atoms with Crippen LogP contribution >= 0.6 is 15.9 Å². The predicted molar refractivity (Wildman–Crippen MR) is 66.8 cm³/mol. The maximum atomic E-state index is 12.1. The van der Waals surface area contributed by atoms with Crippen LogP contribution in [0.25, 0.3) is 0 Å². The van der Waals surface area contributed by atoms with Crippen LogP contribution in [0.2, 0.25) is 0 Å². The number of hydrogen-bond acceptors (Lipinski definition) is 4. The molecule has 17 heavy (non-hydrogen) atoms. The highest BCUT2D eigenvalue weighted by Gasteiger charge is 2.15. The Morgan fingerprint density at radius 2 is 2.35 bits per heavy atom. The number of aliphatic hydroxyl groups is 1. The molecule has 0 aliphatic heterocycles. The Bertz CT molecular complexity index is 373. The number of hydrogen-bond donors (Lipinski definition) is 1. The summed E-state index contributed by atoms with van der Waals surface area (Å²) in [6, 6.07) is 3.30. The third-order valence-corrected chi connectivity index (χ3v) is 2.63. The van der Waals surface area contributed by atoms with E-state index in [2.05, 4.69) is 20.9 Å². The van der Waals surface area contributed by atoms with Gasteiger partial charge >= 0.3 is 0 Å². The normalized spacial score (nSPS) is 10.3. The van der Waals surface area contributed by atoms with E-state index in [1.807, 2.05) is 0 Å². The van der Waals surface area contributed by atoms with Gasteiger partial charge in [0.2, 0.25) is 0 Å². The maximum absolute atomic E-state index is 12.1. The molecule has 0 bridgehead atoms. The van der Waals surface area contributed by atoms with Gasteiger partial charge in [-0.3, -0.25) is 4.79 Å². The lowest BCUT2D eigenvalue weighted by Gasteiger charge is -2.21. The van der Waals surface area contributed by atoms with Crippen LogP contribution in [0.4, 0.5) is 0 Å². The highest BCUT2D eigenvalue weighted by Crippen LogP contribution is 2.10. The van der Waals surface area contributed by atoms with E-state index in [1.54, 1.807) is 30.3 Å². The molecule has 1 aromatic rings. The van der Waals surface area contributed by atoms with E-state index in [0.717, 1.165) is 0 Å². The molecule has 0 aromatic carbocycles. The van der Waals surface area contributed by atoms with Crippen LogP contribution < -0.4 is 0 Å². The van der Waals surface area contributed by atoms with Crippen LogP contribution in [0.3, 0.4) is 0 Å². The molecule has 6 heteroatoms. The van der Waals surface area contributed by atoms with Gasteiger partial charge in [0.25, 0.3) is 5.91 Å². The lowest BCUT2D eigenvalue weighted by molar-refractivity contribution is 0.0656. The predicted octanol–water partition coefficient (Wildman–Crippen LogP) is 0.925. The van der Waals surface area contributed by atoms with E-state index in [4.69, 9.17) is 9.84 Å². The number of methoxy groups -OCH3 is 1. The summed E-state index contributed by atoms with van der Waals surface area (Å²) < 4.78 is 5.54. The quantitative estimate of drug-likeness (QED) is 0.794. The summed E-state index contributed by atoms with van der Waals surface area (Å²) in [6.07, 6.45) is 1.56. The highest BCUT2D eigenvalue weighted by atomic mass is 79.9. The van der Waals surface area contributed by atoms with Crippen LogP contribution in [-0.4, -0.2) is 54.3 Å². The number of nitrogens with zero attached hydrogens (tertiary/aromatic N) is 2. The molecule has 0 aliphatic carbocycles. The topological polar surface area (TPSA) is 62.7 Å². The Kier molecular flexibility index (Phi) is 6.10. The monoisotopic (exact) mass is 302 g/mol. The van der Waals surface area contributed by atoms with Crippen LogP contribution in [0.1, 0.15) is 10.4 Å². The summed E-state index contributed by atoms with van der Waals surface area (Å²) in [5.41, 5.74) is 0.538. The summed E-state index contributed by atoms with van der Waals surface area (Å²) in [7, 11) is 1.57. The number of carbonyl (C=O) groups excluding carboxylic acids is 1. The van der Waals surface area contributed by atoms with Gasteiger partial charge in [0.15, 0.2) is 0 Å². The summed E-state index contributed by atoms with van der Waals surface area (Å²) in [6.45, 7) is 1.12. The van der Waals surface area contributed by atoms with Crippen molar-refractivity contribution in [2.45, 2.75) is 0 Å². The van der Waals surface area contributed by atoms with Crippen LogP contribution in [-0.2, 0) is 4.74 Å². The first-order valence-electron chi connectivity index (χ1n) is 5.19. The van der Waals surface area contributed by atoms with Crippen LogP contribution in [0.15, 0.2) is 22.9 Å². The van der Waals surface area contributed by atoms with Crippen molar-refractivity contribution in [2.75, 3.05) is 33.4 Å². The minimum Gasteiger partial charge on any atom is -0.395 e.